The number of hydrogen-bond donors (Lipinski definition) is 3. The van der Waals surface area contributed by atoms with Crippen LogP contribution >= 0.6 is 0 Å². The fourth-order valence-electron chi connectivity index (χ4n) is 4.81. The smallest absolute Gasteiger partial charge is 0.407 e. The molecule has 2 aromatic rings. The maximum absolute atomic E-state index is 12.4. The van der Waals surface area contributed by atoms with Crippen LogP contribution in [0, 0.1) is 5.92 Å². The van der Waals surface area contributed by atoms with E-state index in [-0.39, 0.29) is 43.4 Å². The molecule has 0 aromatic heterocycles. The second-order valence-corrected chi connectivity index (χ2v) is 9.09. The first-order valence-electron chi connectivity index (χ1n) is 12.2. The number of rotatable bonds is 11. The summed E-state index contributed by atoms with van der Waals surface area (Å²) in [6.45, 7) is 1.39. The maximum Gasteiger partial charge on any atom is 0.407 e. The Labute approximate surface area is 205 Å². The number of fused-ring (bicyclic) bond motifs is 3. The van der Waals surface area contributed by atoms with Gasteiger partial charge in [0.15, 0.2) is 0 Å². The van der Waals surface area contributed by atoms with Crippen molar-refractivity contribution in [1.29, 1.82) is 0 Å². The van der Waals surface area contributed by atoms with Crippen molar-refractivity contribution in [2.75, 3.05) is 26.3 Å². The molecule has 2 unspecified atom stereocenters. The first kappa shape index (κ1) is 24.7. The van der Waals surface area contributed by atoms with Crippen LogP contribution in [0.4, 0.5) is 4.79 Å². The van der Waals surface area contributed by atoms with Gasteiger partial charge in [0.25, 0.3) is 0 Å². The number of benzene rings is 2. The van der Waals surface area contributed by atoms with Gasteiger partial charge in [0.2, 0.25) is 5.91 Å². The van der Waals surface area contributed by atoms with Crippen molar-refractivity contribution in [3.05, 3.63) is 59.7 Å². The van der Waals surface area contributed by atoms with E-state index in [0.29, 0.717) is 26.0 Å². The van der Waals surface area contributed by atoms with Crippen LogP contribution in [0.5, 0.6) is 0 Å². The number of ether oxygens (including phenoxy) is 2. The fraction of sp³-hybridized carbons (Fsp3) is 0.444. The van der Waals surface area contributed by atoms with Crippen LogP contribution in [0.25, 0.3) is 11.1 Å². The summed E-state index contributed by atoms with van der Waals surface area (Å²) in [5, 5.41) is 14.3. The van der Waals surface area contributed by atoms with E-state index in [9.17, 15) is 14.4 Å². The average molecular weight is 481 g/mol. The highest BCUT2D eigenvalue weighted by atomic mass is 16.5. The number of aliphatic carboxylic acids is 1. The van der Waals surface area contributed by atoms with Gasteiger partial charge in [0, 0.05) is 25.4 Å². The molecule has 0 bridgehead atoms. The summed E-state index contributed by atoms with van der Waals surface area (Å²) in [7, 11) is 0. The highest BCUT2D eigenvalue weighted by molar-refractivity contribution is 5.79. The van der Waals surface area contributed by atoms with E-state index in [1.165, 1.54) is 11.1 Å². The predicted molar refractivity (Wildman–Crippen MR) is 130 cm³/mol. The maximum atomic E-state index is 12.4. The zero-order valence-electron chi connectivity index (χ0n) is 19.7. The van der Waals surface area contributed by atoms with Gasteiger partial charge in [0.05, 0.1) is 18.6 Å². The van der Waals surface area contributed by atoms with E-state index >= 15 is 0 Å². The minimum atomic E-state index is -0.796. The molecule has 1 heterocycles. The number of unbranched alkanes of at least 4 members (excludes halogenated alkanes) is 2. The number of carboxylic acids is 1. The zero-order chi connectivity index (χ0) is 24.6. The van der Waals surface area contributed by atoms with Crippen LogP contribution in [0.15, 0.2) is 48.5 Å². The molecule has 2 amide bonds. The van der Waals surface area contributed by atoms with Gasteiger partial charge < -0.3 is 25.2 Å². The van der Waals surface area contributed by atoms with E-state index in [1.807, 2.05) is 24.3 Å². The fourth-order valence-corrected chi connectivity index (χ4v) is 4.81. The number of hydrogen-bond acceptors (Lipinski definition) is 5. The van der Waals surface area contributed by atoms with Crippen molar-refractivity contribution < 1.29 is 29.0 Å². The summed E-state index contributed by atoms with van der Waals surface area (Å²) in [6.07, 6.45) is 2.09. The largest absolute Gasteiger partial charge is 0.481 e. The van der Waals surface area contributed by atoms with E-state index < -0.39 is 12.1 Å². The molecule has 0 saturated carbocycles. The standard InChI is InChI=1S/C27H32N2O6/c30-25(31)12-2-1-7-13-28-26(32)18-14-19(34-16-18)15-29-27(33)35-17-24-22-10-5-3-8-20(22)21-9-4-6-11-23(21)24/h3-6,8-11,18-19,24H,1-2,7,12-17H2,(H,28,32)(H,29,33)(H,30,31). The molecular weight excluding hydrogens is 448 g/mol. The third-order valence-corrected chi connectivity index (χ3v) is 6.64. The van der Waals surface area contributed by atoms with Crippen molar-refractivity contribution in [3.8, 4) is 11.1 Å². The lowest BCUT2D eigenvalue weighted by atomic mass is 9.98. The lowest BCUT2D eigenvalue weighted by Crippen LogP contribution is -2.34. The Balaban J connectivity index is 1.15. The molecule has 2 aliphatic rings. The van der Waals surface area contributed by atoms with E-state index in [0.717, 1.165) is 24.0 Å². The minimum absolute atomic E-state index is 0.00749. The Kier molecular flexibility index (Phi) is 8.36. The number of carbonyl (C=O) groups excluding carboxylic acids is 2. The Morgan fingerprint density at radius 1 is 0.943 bits per heavy atom. The van der Waals surface area contributed by atoms with Gasteiger partial charge in [0.1, 0.15) is 6.61 Å². The van der Waals surface area contributed by atoms with Gasteiger partial charge in [-0.15, -0.1) is 0 Å². The Morgan fingerprint density at radius 3 is 2.31 bits per heavy atom. The van der Waals surface area contributed by atoms with Gasteiger partial charge in [-0.05, 0) is 41.5 Å². The van der Waals surface area contributed by atoms with Crippen LogP contribution in [0.1, 0.15) is 49.1 Å². The minimum Gasteiger partial charge on any atom is -0.481 e. The highest BCUT2D eigenvalue weighted by Gasteiger charge is 2.32. The first-order valence-corrected chi connectivity index (χ1v) is 12.2. The summed E-state index contributed by atoms with van der Waals surface area (Å²) in [5.74, 6) is -1.10. The second kappa shape index (κ2) is 11.8. The third kappa shape index (κ3) is 6.39. The van der Waals surface area contributed by atoms with Crippen molar-refractivity contribution in [2.24, 2.45) is 5.92 Å². The van der Waals surface area contributed by atoms with Crippen LogP contribution in [-0.4, -0.2) is 55.5 Å². The lowest BCUT2D eigenvalue weighted by Gasteiger charge is -2.15. The number of nitrogens with one attached hydrogen (secondary N) is 2. The molecule has 3 N–H and O–H groups in total. The monoisotopic (exact) mass is 480 g/mol. The molecule has 1 aliphatic carbocycles. The van der Waals surface area contributed by atoms with Crippen LogP contribution in [0.3, 0.4) is 0 Å². The Bertz CT molecular complexity index is 1010. The van der Waals surface area contributed by atoms with Gasteiger partial charge in [-0.25, -0.2) is 4.79 Å². The Morgan fingerprint density at radius 2 is 1.63 bits per heavy atom. The van der Waals surface area contributed by atoms with E-state index in [4.69, 9.17) is 14.6 Å². The number of amides is 2. The molecule has 8 heteroatoms. The van der Waals surface area contributed by atoms with E-state index in [1.54, 1.807) is 0 Å². The van der Waals surface area contributed by atoms with Crippen molar-refractivity contribution in [2.45, 2.75) is 44.1 Å². The van der Waals surface area contributed by atoms with Gasteiger partial charge in [-0.2, -0.15) is 0 Å². The van der Waals surface area contributed by atoms with Crippen LogP contribution < -0.4 is 10.6 Å². The van der Waals surface area contributed by atoms with Crippen molar-refractivity contribution in [1.82, 2.24) is 10.6 Å². The molecule has 0 radical (unpaired) electrons. The average Bonchev–Trinajstić information content (AvgIpc) is 3.46. The Hall–Kier alpha value is -3.39. The summed E-state index contributed by atoms with van der Waals surface area (Å²) < 4.78 is 11.2. The second-order valence-electron chi connectivity index (χ2n) is 9.09. The van der Waals surface area contributed by atoms with Crippen molar-refractivity contribution >= 4 is 18.0 Å². The zero-order valence-corrected chi connectivity index (χ0v) is 19.7. The quantitative estimate of drug-likeness (QED) is 0.423. The predicted octanol–water partition coefficient (Wildman–Crippen LogP) is 3.69. The number of alkyl carbamates (subject to hydrolysis) is 1. The molecule has 1 saturated heterocycles. The highest BCUT2D eigenvalue weighted by Crippen LogP contribution is 2.44. The summed E-state index contributed by atoms with van der Waals surface area (Å²) in [4.78, 5) is 35.2. The normalized spacial score (nSPS) is 18.5. The molecule has 186 valence electrons. The third-order valence-electron chi connectivity index (χ3n) is 6.64. The number of carbonyl (C=O) groups is 3. The summed E-state index contributed by atoms with van der Waals surface area (Å²) in [6, 6.07) is 16.4. The molecule has 35 heavy (non-hydrogen) atoms. The summed E-state index contributed by atoms with van der Waals surface area (Å²) in [5.41, 5.74) is 4.69. The lowest BCUT2D eigenvalue weighted by molar-refractivity contribution is -0.137. The molecule has 1 aliphatic heterocycles. The molecule has 4 rings (SSSR count). The first-order chi connectivity index (χ1) is 17.0. The van der Waals surface area contributed by atoms with Gasteiger partial charge in [-0.1, -0.05) is 55.0 Å². The van der Waals surface area contributed by atoms with Gasteiger partial charge in [-0.3, -0.25) is 9.59 Å². The molecular formula is C27H32N2O6. The molecule has 1 fully saturated rings. The van der Waals surface area contributed by atoms with E-state index in [2.05, 4.69) is 34.9 Å². The number of carboxylic acid groups (broad SMARTS) is 1. The SMILES string of the molecule is O=C(O)CCCCCNC(=O)C1COC(CNC(=O)OCC2c3ccccc3-c3ccccc32)C1. The summed E-state index contributed by atoms with van der Waals surface area (Å²) >= 11 is 0. The molecule has 8 nitrogen and oxygen atoms in total. The molecule has 0 spiro atoms. The molecule has 2 atom stereocenters. The molecule has 2 aromatic carbocycles. The van der Waals surface area contributed by atoms with Gasteiger partial charge >= 0.3 is 12.1 Å². The van der Waals surface area contributed by atoms with Crippen molar-refractivity contribution in [3.63, 3.8) is 0 Å². The topological polar surface area (TPSA) is 114 Å². The van der Waals surface area contributed by atoms with Crippen LogP contribution in [0.2, 0.25) is 0 Å². The van der Waals surface area contributed by atoms with Crippen LogP contribution in [-0.2, 0) is 19.1 Å².